The first-order valence-corrected chi connectivity index (χ1v) is 9.26. The predicted octanol–water partition coefficient (Wildman–Crippen LogP) is 4.14. The average molecular weight is 409 g/mol. The maximum absolute atomic E-state index is 12.6. The number of sulfonamides is 1. The summed E-state index contributed by atoms with van der Waals surface area (Å²) in [7, 11) is -4.11. The molecule has 0 amide bonds. The van der Waals surface area contributed by atoms with Crippen LogP contribution >= 0.6 is 34.8 Å². The van der Waals surface area contributed by atoms with Crippen LogP contribution in [0.5, 0.6) is 0 Å². The van der Waals surface area contributed by atoms with E-state index in [0.717, 1.165) is 0 Å². The molecule has 128 valence electrons. The van der Waals surface area contributed by atoms with E-state index in [1.54, 1.807) is 24.3 Å². The number of hydrogen-bond acceptors (Lipinski definition) is 3. The first-order valence-electron chi connectivity index (χ1n) is 6.64. The van der Waals surface area contributed by atoms with Crippen molar-refractivity contribution in [3.05, 3.63) is 63.1 Å². The Bertz CT molecular complexity index is 871. The first kappa shape index (κ1) is 19.0. The van der Waals surface area contributed by atoms with E-state index in [0.29, 0.717) is 5.56 Å². The van der Waals surface area contributed by atoms with E-state index in [-0.39, 0.29) is 20.0 Å². The highest BCUT2D eigenvalue weighted by Gasteiger charge is 2.26. The standard InChI is InChI=1S/C15H12Cl3NO4S/c16-9-5-6-12(18)14(7-9)24(22,23)19-13(8-15(20)21)10-3-1-2-4-11(10)17/h1-7,13,19H,8H2,(H,20,21)/t13-/m0/s1. The van der Waals surface area contributed by atoms with Gasteiger partial charge in [-0.2, -0.15) is 0 Å². The van der Waals surface area contributed by atoms with Crippen molar-refractivity contribution in [2.45, 2.75) is 17.4 Å². The maximum atomic E-state index is 12.6. The van der Waals surface area contributed by atoms with Crippen LogP contribution < -0.4 is 4.72 Å². The summed E-state index contributed by atoms with van der Waals surface area (Å²) in [5, 5.41) is 9.49. The van der Waals surface area contributed by atoms with Crippen LogP contribution in [0.2, 0.25) is 15.1 Å². The summed E-state index contributed by atoms with van der Waals surface area (Å²) in [6.45, 7) is 0. The van der Waals surface area contributed by atoms with Crippen LogP contribution in [0, 0.1) is 0 Å². The van der Waals surface area contributed by atoms with E-state index in [9.17, 15) is 13.2 Å². The number of benzene rings is 2. The van der Waals surface area contributed by atoms with Crippen molar-refractivity contribution in [3.63, 3.8) is 0 Å². The number of aliphatic carboxylic acids is 1. The summed E-state index contributed by atoms with van der Waals surface area (Å²) in [6, 6.07) is 9.33. The zero-order valence-electron chi connectivity index (χ0n) is 12.0. The molecular weight excluding hydrogens is 397 g/mol. The third-order valence-electron chi connectivity index (χ3n) is 3.14. The minimum atomic E-state index is -4.11. The Labute approximate surface area is 154 Å². The molecular formula is C15H12Cl3NO4S. The van der Waals surface area contributed by atoms with Crippen molar-refractivity contribution in [2.24, 2.45) is 0 Å². The first-order chi connectivity index (χ1) is 11.2. The zero-order valence-corrected chi connectivity index (χ0v) is 15.1. The highest BCUT2D eigenvalue weighted by atomic mass is 35.5. The predicted molar refractivity (Wildman–Crippen MR) is 93.2 cm³/mol. The van der Waals surface area contributed by atoms with Crippen LogP contribution in [0.3, 0.4) is 0 Å². The van der Waals surface area contributed by atoms with E-state index in [1.807, 2.05) is 0 Å². The molecule has 0 unspecified atom stereocenters. The van der Waals surface area contributed by atoms with Gasteiger partial charge < -0.3 is 5.11 Å². The molecule has 0 aliphatic heterocycles. The van der Waals surface area contributed by atoms with Crippen molar-refractivity contribution in [2.75, 3.05) is 0 Å². The summed E-state index contributed by atoms with van der Waals surface area (Å²) in [5.74, 6) is -1.18. The second-order valence-corrected chi connectivity index (χ2v) is 7.80. The lowest BCUT2D eigenvalue weighted by molar-refractivity contribution is -0.137. The number of carboxylic acid groups (broad SMARTS) is 1. The van der Waals surface area contributed by atoms with Crippen molar-refractivity contribution < 1.29 is 18.3 Å². The summed E-state index contributed by atoms with van der Waals surface area (Å²) in [6.07, 6.45) is -0.485. The van der Waals surface area contributed by atoms with Crippen LogP contribution in [0.25, 0.3) is 0 Å². The van der Waals surface area contributed by atoms with Crippen LogP contribution in [0.4, 0.5) is 0 Å². The largest absolute Gasteiger partial charge is 0.481 e. The van der Waals surface area contributed by atoms with Crippen LogP contribution in [0.1, 0.15) is 18.0 Å². The van der Waals surface area contributed by atoms with Crippen molar-refractivity contribution in [3.8, 4) is 0 Å². The van der Waals surface area contributed by atoms with Crippen molar-refractivity contribution in [1.82, 2.24) is 4.72 Å². The highest BCUT2D eigenvalue weighted by Crippen LogP contribution is 2.30. The average Bonchev–Trinajstić information content (AvgIpc) is 2.48. The summed E-state index contributed by atoms with van der Waals surface area (Å²) in [4.78, 5) is 10.9. The Morgan fingerprint density at radius 3 is 2.38 bits per heavy atom. The molecule has 2 rings (SSSR count). The molecule has 24 heavy (non-hydrogen) atoms. The molecule has 0 bridgehead atoms. The van der Waals surface area contributed by atoms with Crippen LogP contribution in [-0.2, 0) is 14.8 Å². The third kappa shape index (κ3) is 4.62. The van der Waals surface area contributed by atoms with E-state index < -0.39 is 28.5 Å². The van der Waals surface area contributed by atoms with E-state index >= 15 is 0 Å². The van der Waals surface area contributed by atoms with Gasteiger partial charge in [0.2, 0.25) is 10.0 Å². The number of hydrogen-bond donors (Lipinski definition) is 2. The van der Waals surface area contributed by atoms with Gasteiger partial charge in [-0.15, -0.1) is 0 Å². The summed E-state index contributed by atoms with van der Waals surface area (Å²) < 4.78 is 27.5. The minimum absolute atomic E-state index is 0.0277. The molecule has 1 atom stereocenters. The molecule has 0 spiro atoms. The number of halogens is 3. The molecule has 0 heterocycles. The van der Waals surface area contributed by atoms with Gasteiger partial charge >= 0.3 is 5.97 Å². The normalized spacial score (nSPS) is 12.8. The molecule has 0 saturated carbocycles. The van der Waals surface area contributed by atoms with Crippen LogP contribution in [0.15, 0.2) is 47.4 Å². The van der Waals surface area contributed by atoms with Crippen molar-refractivity contribution >= 4 is 50.8 Å². The Morgan fingerprint density at radius 2 is 1.75 bits per heavy atom. The Morgan fingerprint density at radius 1 is 1.08 bits per heavy atom. The molecule has 0 fully saturated rings. The lowest BCUT2D eigenvalue weighted by Crippen LogP contribution is -2.30. The lowest BCUT2D eigenvalue weighted by Gasteiger charge is -2.19. The quantitative estimate of drug-likeness (QED) is 0.752. The van der Waals surface area contributed by atoms with Gasteiger partial charge in [-0.25, -0.2) is 13.1 Å². The molecule has 2 aromatic carbocycles. The van der Waals surface area contributed by atoms with Crippen molar-refractivity contribution in [1.29, 1.82) is 0 Å². The molecule has 9 heteroatoms. The fourth-order valence-corrected chi connectivity index (χ4v) is 4.33. The molecule has 0 aliphatic carbocycles. The second kappa shape index (κ2) is 7.72. The van der Waals surface area contributed by atoms with Gasteiger partial charge in [-0.1, -0.05) is 53.0 Å². The van der Waals surface area contributed by atoms with Crippen LogP contribution in [-0.4, -0.2) is 19.5 Å². The number of carbonyl (C=O) groups is 1. The molecule has 2 N–H and O–H groups in total. The monoisotopic (exact) mass is 407 g/mol. The van der Waals surface area contributed by atoms with E-state index in [2.05, 4.69) is 4.72 Å². The van der Waals surface area contributed by atoms with Gasteiger partial charge in [0.25, 0.3) is 0 Å². The van der Waals surface area contributed by atoms with E-state index in [4.69, 9.17) is 39.9 Å². The number of nitrogens with one attached hydrogen (secondary N) is 1. The third-order valence-corrected chi connectivity index (χ3v) is 5.67. The fraction of sp³-hybridized carbons (Fsp3) is 0.133. The Hall–Kier alpha value is -1.31. The Kier molecular flexibility index (Phi) is 6.11. The van der Waals surface area contributed by atoms with E-state index in [1.165, 1.54) is 18.2 Å². The van der Waals surface area contributed by atoms with Gasteiger partial charge in [0.1, 0.15) is 4.90 Å². The smallest absolute Gasteiger partial charge is 0.305 e. The number of rotatable bonds is 6. The highest BCUT2D eigenvalue weighted by molar-refractivity contribution is 7.89. The maximum Gasteiger partial charge on any atom is 0.305 e. The molecule has 5 nitrogen and oxygen atoms in total. The zero-order chi connectivity index (χ0) is 17.9. The topological polar surface area (TPSA) is 83.5 Å². The Balaban J connectivity index is 2.44. The van der Waals surface area contributed by atoms with Gasteiger partial charge in [-0.3, -0.25) is 4.79 Å². The molecule has 0 aromatic heterocycles. The van der Waals surface area contributed by atoms with Gasteiger partial charge in [-0.05, 0) is 29.8 Å². The molecule has 2 aromatic rings. The molecule has 0 aliphatic rings. The lowest BCUT2D eigenvalue weighted by atomic mass is 10.1. The fourth-order valence-electron chi connectivity index (χ4n) is 2.08. The SMILES string of the molecule is O=C(O)C[C@H](NS(=O)(=O)c1cc(Cl)ccc1Cl)c1ccccc1Cl. The van der Waals surface area contributed by atoms with Gasteiger partial charge in [0.15, 0.2) is 0 Å². The van der Waals surface area contributed by atoms with Gasteiger partial charge in [0.05, 0.1) is 17.5 Å². The van der Waals surface area contributed by atoms with Gasteiger partial charge in [0, 0.05) is 10.0 Å². The second-order valence-electron chi connectivity index (χ2n) is 4.87. The minimum Gasteiger partial charge on any atom is -0.481 e. The molecule has 0 radical (unpaired) electrons. The number of carboxylic acids is 1. The summed E-state index contributed by atoms with van der Waals surface area (Å²) >= 11 is 17.8. The summed E-state index contributed by atoms with van der Waals surface area (Å²) in [5.41, 5.74) is 0.350. The molecule has 0 saturated heterocycles.